The quantitative estimate of drug-likeness (QED) is 0.246. The van der Waals surface area contributed by atoms with Crippen molar-refractivity contribution in [2.75, 3.05) is 7.11 Å². The molecule has 0 bridgehead atoms. The molecule has 8 nitrogen and oxygen atoms in total. The number of carbonyl (C=O) groups is 1. The summed E-state index contributed by atoms with van der Waals surface area (Å²) in [6.07, 6.45) is 5.50. The summed E-state index contributed by atoms with van der Waals surface area (Å²) in [6, 6.07) is 25.8. The topological polar surface area (TPSA) is 78.1 Å². The maximum Gasteiger partial charge on any atom is 0.245 e. The Balaban J connectivity index is 1.39. The molecule has 0 aliphatic heterocycles. The Kier molecular flexibility index (Phi) is 7.54. The van der Waals surface area contributed by atoms with Crippen molar-refractivity contribution < 1.29 is 9.53 Å². The van der Waals surface area contributed by atoms with Crippen molar-refractivity contribution in [2.45, 2.75) is 39.4 Å². The molecule has 8 heteroatoms. The van der Waals surface area contributed by atoms with Crippen molar-refractivity contribution >= 4 is 5.91 Å². The molecule has 0 N–H and O–H groups in total. The normalized spacial score (nSPS) is 12.6. The highest BCUT2D eigenvalue weighted by molar-refractivity contribution is 5.77. The fourth-order valence-corrected chi connectivity index (χ4v) is 4.88. The standard InChI is InChI=1S/C31H32N6O2/c1-22-18-35(21-32-22)29-16-15-27(17-30(29)39-4)28-19-36(34-33-28)20-31(38)37(23(2)25-11-7-5-8-12-25)24(3)26-13-9-6-10-14-26/h5-19,21,23-24H,20H2,1-4H3/t23-,24-/m0/s1. The van der Waals surface area contributed by atoms with E-state index in [4.69, 9.17) is 4.74 Å². The van der Waals surface area contributed by atoms with Gasteiger partial charge in [0, 0.05) is 11.8 Å². The van der Waals surface area contributed by atoms with Crippen molar-refractivity contribution in [3.8, 4) is 22.7 Å². The molecule has 3 aromatic carbocycles. The minimum Gasteiger partial charge on any atom is -0.495 e. The van der Waals surface area contributed by atoms with Crippen LogP contribution in [-0.4, -0.2) is 42.5 Å². The van der Waals surface area contributed by atoms with Crippen LogP contribution in [0.3, 0.4) is 0 Å². The molecule has 0 aliphatic rings. The van der Waals surface area contributed by atoms with Gasteiger partial charge in [0.2, 0.25) is 5.91 Å². The van der Waals surface area contributed by atoms with Gasteiger partial charge in [-0.2, -0.15) is 0 Å². The summed E-state index contributed by atoms with van der Waals surface area (Å²) >= 11 is 0. The van der Waals surface area contributed by atoms with Crippen molar-refractivity contribution in [1.82, 2.24) is 29.4 Å². The zero-order valence-corrected chi connectivity index (χ0v) is 22.6. The SMILES string of the molecule is COc1cc(-c2cn(CC(=O)N([C@@H](C)c3ccccc3)[C@@H](C)c3ccccc3)nn2)ccc1-n1cnc(C)c1. The molecule has 1 amide bonds. The molecule has 2 aromatic heterocycles. The van der Waals surface area contributed by atoms with Crippen LogP contribution in [0, 0.1) is 6.92 Å². The molecule has 5 rings (SSSR count). The number of rotatable bonds is 9. The second-order valence-electron chi connectivity index (χ2n) is 9.58. The summed E-state index contributed by atoms with van der Waals surface area (Å²) in [6.45, 7) is 6.15. The molecule has 198 valence electrons. The van der Waals surface area contributed by atoms with Crippen molar-refractivity contribution in [2.24, 2.45) is 0 Å². The fraction of sp³-hybridized carbons (Fsp3) is 0.226. The number of benzene rings is 3. The minimum absolute atomic E-state index is 0.0393. The summed E-state index contributed by atoms with van der Waals surface area (Å²) in [5, 5.41) is 8.64. The molecule has 0 radical (unpaired) electrons. The highest BCUT2D eigenvalue weighted by atomic mass is 16.5. The summed E-state index contributed by atoms with van der Waals surface area (Å²) in [4.78, 5) is 20.0. The molecule has 5 aromatic rings. The number of methoxy groups -OCH3 is 1. The lowest BCUT2D eigenvalue weighted by Gasteiger charge is -2.35. The van der Waals surface area contributed by atoms with Gasteiger partial charge in [-0.1, -0.05) is 71.9 Å². The van der Waals surface area contributed by atoms with E-state index in [0.29, 0.717) is 11.4 Å². The molecule has 0 spiro atoms. The molecule has 0 saturated heterocycles. The third-order valence-corrected chi connectivity index (χ3v) is 6.99. The summed E-state index contributed by atoms with van der Waals surface area (Å²) in [5.41, 5.74) is 5.46. The largest absolute Gasteiger partial charge is 0.495 e. The predicted octanol–water partition coefficient (Wildman–Crippen LogP) is 5.80. The summed E-state index contributed by atoms with van der Waals surface area (Å²) in [7, 11) is 1.64. The summed E-state index contributed by atoms with van der Waals surface area (Å²) in [5.74, 6) is 0.651. The average molecular weight is 521 g/mol. The van der Waals surface area contributed by atoms with Crippen LogP contribution in [0.2, 0.25) is 0 Å². The van der Waals surface area contributed by atoms with Crippen molar-refractivity contribution in [3.05, 3.63) is 114 Å². The molecule has 2 heterocycles. The molecule has 0 fully saturated rings. The van der Waals surface area contributed by atoms with Gasteiger partial charge in [0.05, 0.1) is 43.1 Å². The number of aromatic nitrogens is 5. The third kappa shape index (κ3) is 5.60. The minimum atomic E-state index is -0.125. The summed E-state index contributed by atoms with van der Waals surface area (Å²) < 4.78 is 9.16. The molecular formula is C31H32N6O2. The second kappa shape index (κ2) is 11.3. The van der Waals surface area contributed by atoms with Gasteiger partial charge in [-0.15, -0.1) is 5.10 Å². The maximum absolute atomic E-state index is 13.8. The smallest absolute Gasteiger partial charge is 0.245 e. The number of carbonyl (C=O) groups excluding carboxylic acids is 1. The van der Waals surface area contributed by atoms with Gasteiger partial charge in [-0.25, -0.2) is 9.67 Å². The van der Waals surface area contributed by atoms with Crippen LogP contribution in [0.5, 0.6) is 5.75 Å². The number of aryl methyl sites for hydroxylation is 1. The fourth-order valence-electron chi connectivity index (χ4n) is 4.88. The van der Waals surface area contributed by atoms with E-state index in [1.165, 1.54) is 0 Å². The van der Waals surface area contributed by atoms with Gasteiger partial charge in [0.15, 0.2) is 0 Å². The van der Waals surface area contributed by atoms with Crippen LogP contribution < -0.4 is 4.74 Å². The molecule has 0 aliphatic carbocycles. The van der Waals surface area contributed by atoms with E-state index in [0.717, 1.165) is 28.1 Å². The van der Waals surface area contributed by atoms with Gasteiger partial charge < -0.3 is 14.2 Å². The van der Waals surface area contributed by atoms with Crippen LogP contribution >= 0.6 is 0 Å². The highest BCUT2D eigenvalue weighted by Gasteiger charge is 2.28. The van der Waals surface area contributed by atoms with Crippen LogP contribution in [-0.2, 0) is 11.3 Å². The van der Waals surface area contributed by atoms with E-state index < -0.39 is 0 Å². The van der Waals surface area contributed by atoms with Gasteiger partial charge in [-0.3, -0.25) is 4.79 Å². The van der Waals surface area contributed by atoms with Crippen LogP contribution in [0.1, 0.15) is 42.8 Å². The number of hydrogen-bond donors (Lipinski definition) is 0. The van der Waals surface area contributed by atoms with Gasteiger partial charge in [0.25, 0.3) is 0 Å². The second-order valence-corrected chi connectivity index (χ2v) is 9.58. The first-order valence-corrected chi connectivity index (χ1v) is 12.9. The van der Waals surface area contributed by atoms with E-state index in [1.54, 1.807) is 24.3 Å². The molecular weight excluding hydrogens is 488 g/mol. The molecule has 2 atom stereocenters. The van der Waals surface area contributed by atoms with Crippen LogP contribution in [0.4, 0.5) is 0 Å². The molecule has 0 saturated carbocycles. The van der Waals surface area contributed by atoms with Gasteiger partial charge in [0.1, 0.15) is 18.0 Å². The van der Waals surface area contributed by atoms with E-state index in [1.807, 2.05) is 77.2 Å². The molecule has 39 heavy (non-hydrogen) atoms. The lowest BCUT2D eigenvalue weighted by molar-refractivity contribution is -0.136. The van der Waals surface area contributed by atoms with E-state index in [2.05, 4.69) is 53.4 Å². The lowest BCUT2D eigenvalue weighted by Crippen LogP contribution is -2.38. The Hall–Kier alpha value is -4.72. The van der Waals surface area contributed by atoms with E-state index >= 15 is 0 Å². The number of hydrogen-bond acceptors (Lipinski definition) is 5. The van der Waals surface area contributed by atoms with Crippen molar-refractivity contribution in [1.29, 1.82) is 0 Å². The lowest BCUT2D eigenvalue weighted by atomic mass is 10.0. The first-order valence-electron chi connectivity index (χ1n) is 12.9. The maximum atomic E-state index is 13.8. The Labute approximate surface area is 228 Å². The zero-order chi connectivity index (χ0) is 27.4. The monoisotopic (exact) mass is 520 g/mol. The Morgan fingerprint density at radius 1 is 0.923 bits per heavy atom. The van der Waals surface area contributed by atoms with E-state index in [-0.39, 0.29) is 24.5 Å². The number of amides is 1. The predicted molar refractivity (Wildman–Crippen MR) is 150 cm³/mol. The molecule has 0 unspecified atom stereocenters. The van der Waals surface area contributed by atoms with Crippen LogP contribution in [0.25, 0.3) is 16.9 Å². The Morgan fingerprint density at radius 3 is 2.13 bits per heavy atom. The first kappa shape index (κ1) is 25.9. The zero-order valence-electron chi connectivity index (χ0n) is 22.6. The van der Waals surface area contributed by atoms with Gasteiger partial charge >= 0.3 is 0 Å². The van der Waals surface area contributed by atoms with Crippen molar-refractivity contribution in [3.63, 3.8) is 0 Å². The number of imidazole rings is 1. The third-order valence-electron chi connectivity index (χ3n) is 6.99. The first-order chi connectivity index (χ1) is 18.9. The highest BCUT2D eigenvalue weighted by Crippen LogP contribution is 2.32. The average Bonchev–Trinajstić information content (AvgIpc) is 3.62. The number of nitrogens with zero attached hydrogens (tertiary/aromatic N) is 6. The Bertz CT molecular complexity index is 1500. The number of ether oxygens (including phenoxy) is 1. The van der Waals surface area contributed by atoms with Gasteiger partial charge in [-0.05, 0) is 44.0 Å². The van der Waals surface area contributed by atoms with E-state index in [9.17, 15) is 4.79 Å². The van der Waals surface area contributed by atoms with Crippen LogP contribution in [0.15, 0.2) is 97.6 Å². The Morgan fingerprint density at radius 2 is 1.56 bits per heavy atom.